The molecule has 0 unspecified atom stereocenters. The van der Waals surface area contributed by atoms with E-state index >= 15 is 0 Å². The van der Waals surface area contributed by atoms with Crippen LogP contribution in [0.4, 0.5) is 0 Å². The summed E-state index contributed by atoms with van der Waals surface area (Å²) in [5, 5.41) is 3.47. The molecule has 1 aromatic carbocycles. The SMILES string of the molecule is CCn1c2c(c3ccccc31)=CC(=O)CC=2. The maximum atomic E-state index is 11.5. The number of rotatable bonds is 1. The Hall–Kier alpha value is -1.83. The van der Waals surface area contributed by atoms with Gasteiger partial charge in [-0.15, -0.1) is 0 Å². The summed E-state index contributed by atoms with van der Waals surface area (Å²) in [6, 6.07) is 8.27. The number of nitrogens with zero attached hydrogens (tertiary/aromatic N) is 1. The van der Waals surface area contributed by atoms with Crippen molar-refractivity contribution >= 4 is 28.8 Å². The van der Waals surface area contributed by atoms with Gasteiger partial charge in [0, 0.05) is 34.4 Å². The van der Waals surface area contributed by atoms with Crippen LogP contribution in [0.1, 0.15) is 13.3 Å². The van der Waals surface area contributed by atoms with E-state index in [1.54, 1.807) is 6.08 Å². The number of carbonyl (C=O) groups excluding carboxylic acids is 1. The summed E-state index contributed by atoms with van der Waals surface area (Å²) in [6.45, 7) is 3.07. The lowest BCUT2D eigenvalue weighted by Gasteiger charge is -2.02. The van der Waals surface area contributed by atoms with Gasteiger partial charge in [0.05, 0.1) is 0 Å². The first kappa shape index (κ1) is 9.40. The van der Waals surface area contributed by atoms with Crippen molar-refractivity contribution < 1.29 is 4.79 Å². The molecule has 1 aliphatic rings. The molecule has 16 heavy (non-hydrogen) atoms. The van der Waals surface area contributed by atoms with E-state index in [4.69, 9.17) is 0 Å². The number of Topliss-reactive ketones (excluding diaryl/α,β-unsaturated/α-hetero) is 1. The maximum absolute atomic E-state index is 11.5. The third kappa shape index (κ3) is 1.16. The Morgan fingerprint density at radius 2 is 2.12 bits per heavy atom. The topological polar surface area (TPSA) is 22.0 Å². The molecule has 0 saturated heterocycles. The predicted octanol–water partition coefficient (Wildman–Crippen LogP) is 1.19. The Labute approximate surface area is 93.5 Å². The molecule has 2 nitrogen and oxygen atoms in total. The van der Waals surface area contributed by atoms with Crippen LogP contribution in [-0.2, 0) is 11.3 Å². The minimum absolute atomic E-state index is 0.200. The van der Waals surface area contributed by atoms with Crippen LogP contribution in [0.3, 0.4) is 0 Å². The average molecular weight is 211 g/mol. The zero-order chi connectivity index (χ0) is 11.1. The van der Waals surface area contributed by atoms with Gasteiger partial charge < -0.3 is 4.57 Å². The Morgan fingerprint density at radius 1 is 1.31 bits per heavy atom. The van der Waals surface area contributed by atoms with Crippen molar-refractivity contribution in [1.29, 1.82) is 0 Å². The molecule has 0 spiro atoms. The van der Waals surface area contributed by atoms with Crippen LogP contribution < -0.4 is 10.6 Å². The van der Waals surface area contributed by atoms with Gasteiger partial charge in [0.25, 0.3) is 0 Å². The first-order valence-corrected chi connectivity index (χ1v) is 5.63. The molecule has 0 aliphatic heterocycles. The summed E-state index contributed by atoms with van der Waals surface area (Å²) >= 11 is 0. The highest BCUT2D eigenvalue weighted by Gasteiger charge is 2.10. The minimum atomic E-state index is 0.200. The molecule has 0 N–H and O–H groups in total. The molecule has 2 heteroatoms. The summed E-state index contributed by atoms with van der Waals surface area (Å²) < 4.78 is 2.27. The summed E-state index contributed by atoms with van der Waals surface area (Å²) in [6.07, 6.45) is 4.36. The van der Waals surface area contributed by atoms with Crippen LogP contribution in [0.5, 0.6) is 0 Å². The van der Waals surface area contributed by atoms with Gasteiger partial charge in [0.15, 0.2) is 5.78 Å². The van der Waals surface area contributed by atoms with Gasteiger partial charge in [-0.1, -0.05) is 24.3 Å². The second-order valence-corrected chi connectivity index (χ2v) is 4.08. The number of ketones is 1. The second kappa shape index (κ2) is 3.34. The zero-order valence-corrected chi connectivity index (χ0v) is 9.23. The molecule has 0 fully saturated rings. The lowest BCUT2D eigenvalue weighted by atomic mass is 10.1. The molecule has 1 aromatic heterocycles. The number of benzene rings is 1. The number of hydrogen-bond acceptors (Lipinski definition) is 1. The van der Waals surface area contributed by atoms with Crippen LogP contribution in [-0.4, -0.2) is 10.4 Å². The predicted molar refractivity (Wildman–Crippen MR) is 65.4 cm³/mol. The molecule has 1 heterocycles. The summed E-state index contributed by atoms with van der Waals surface area (Å²) in [5.41, 5.74) is 1.22. The van der Waals surface area contributed by atoms with Crippen LogP contribution in [0.2, 0.25) is 0 Å². The Balaban J connectivity index is 2.60. The van der Waals surface area contributed by atoms with Gasteiger partial charge in [-0.05, 0) is 19.1 Å². The second-order valence-electron chi connectivity index (χ2n) is 4.08. The molecule has 3 rings (SSSR count). The molecule has 80 valence electrons. The molecular formula is C14H13NO. The van der Waals surface area contributed by atoms with Crippen molar-refractivity contribution in [3.05, 3.63) is 34.8 Å². The van der Waals surface area contributed by atoms with E-state index in [9.17, 15) is 4.79 Å². The lowest BCUT2D eigenvalue weighted by Crippen LogP contribution is -2.32. The number of para-hydroxylation sites is 1. The fraction of sp³-hybridized carbons (Fsp3) is 0.214. The average Bonchev–Trinajstić information content (AvgIpc) is 2.62. The smallest absolute Gasteiger partial charge is 0.160 e. The third-order valence-corrected chi connectivity index (χ3v) is 3.17. The first-order valence-electron chi connectivity index (χ1n) is 5.63. The van der Waals surface area contributed by atoms with E-state index < -0.39 is 0 Å². The van der Waals surface area contributed by atoms with Crippen LogP contribution in [0, 0.1) is 0 Å². The summed E-state index contributed by atoms with van der Waals surface area (Å²) in [5.74, 6) is 0.200. The van der Waals surface area contributed by atoms with Crippen LogP contribution in [0.25, 0.3) is 23.1 Å². The molecule has 2 aromatic rings. The van der Waals surface area contributed by atoms with Crippen molar-refractivity contribution in [3.8, 4) is 0 Å². The van der Waals surface area contributed by atoms with Gasteiger partial charge in [0.2, 0.25) is 0 Å². The van der Waals surface area contributed by atoms with E-state index in [1.807, 2.05) is 18.2 Å². The van der Waals surface area contributed by atoms with E-state index in [2.05, 4.69) is 23.6 Å². The standard InChI is InChI=1S/C14H13NO/c1-2-15-13-6-4-3-5-11(13)12-9-10(16)7-8-14(12)15/h3-6,8-9H,2,7H2,1H3. The van der Waals surface area contributed by atoms with E-state index in [0.29, 0.717) is 6.42 Å². The molecule has 1 aliphatic carbocycles. The van der Waals surface area contributed by atoms with Crippen molar-refractivity contribution in [3.63, 3.8) is 0 Å². The monoisotopic (exact) mass is 211 g/mol. The Kier molecular flexibility index (Phi) is 1.96. The fourth-order valence-corrected chi connectivity index (χ4v) is 2.48. The lowest BCUT2D eigenvalue weighted by molar-refractivity contribution is -0.112. The Morgan fingerprint density at radius 3 is 2.94 bits per heavy atom. The highest BCUT2D eigenvalue weighted by Crippen LogP contribution is 2.09. The molecule has 0 amide bonds. The number of hydrogen-bond donors (Lipinski definition) is 0. The number of carbonyl (C=O) groups is 1. The molecular weight excluding hydrogens is 198 g/mol. The van der Waals surface area contributed by atoms with Crippen LogP contribution in [0.15, 0.2) is 24.3 Å². The first-order chi connectivity index (χ1) is 7.81. The normalized spacial score (nSPS) is 14.4. The highest BCUT2D eigenvalue weighted by molar-refractivity contribution is 6.10. The van der Waals surface area contributed by atoms with Gasteiger partial charge in [0.1, 0.15) is 0 Å². The van der Waals surface area contributed by atoms with Crippen LogP contribution >= 0.6 is 0 Å². The molecule has 0 atom stereocenters. The maximum Gasteiger partial charge on any atom is 0.160 e. The number of aryl methyl sites for hydroxylation is 1. The van der Waals surface area contributed by atoms with E-state index in [1.165, 1.54) is 16.3 Å². The molecule has 0 saturated carbocycles. The van der Waals surface area contributed by atoms with E-state index in [0.717, 1.165) is 11.8 Å². The Bertz CT molecular complexity index is 691. The molecule has 0 bridgehead atoms. The quantitative estimate of drug-likeness (QED) is 0.694. The summed E-state index contributed by atoms with van der Waals surface area (Å²) in [4.78, 5) is 11.5. The fourth-order valence-electron chi connectivity index (χ4n) is 2.48. The highest BCUT2D eigenvalue weighted by atomic mass is 16.1. The largest absolute Gasteiger partial charge is 0.341 e. The third-order valence-electron chi connectivity index (χ3n) is 3.17. The zero-order valence-electron chi connectivity index (χ0n) is 9.23. The van der Waals surface area contributed by atoms with Gasteiger partial charge in [-0.3, -0.25) is 4.79 Å². The van der Waals surface area contributed by atoms with Gasteiger partial charge in [-0.25, -0.2) is 0 Å². The minimum Gasteiger partial charge on any atom is -0.341 e. The van der Waals surface area contributed by atoms with Crippen molar-refractivity contribution in [2.45, 2.75) is 19.9 Å². The van der Waals surface area contributed by atoms with Crippen molar-refractivity contribution in [2.24, 2.45) is 0 Å². The number of fused-ring (bicyclic) bond motifs is 3. The van der Waals surface area contributed by atoms with Gasteiger partial charge >= 0.3 is 0 Å². The molecule has 0 radical (unpaired) electrons. The van der Waals surface area contributed by atoms with E-state index in [-0.39, 0.29) is 5.78 Å². The number of aromatic nitrogens is 1. The summed E-state index contributed by atoms with van der Waals surface area (Å²) in [7, 11) is 0. The van der Waals surface area contributed by atoms with Gasteiger partial charge in [-0.2, -0.15) is 0 Å². The van der Waals surface area contributed by atoms with Crippen molar-refractivity contribution in [2.75, 3.05) is 0 Å². The van der Waals surface area contributed by atoms with Crippen molar-refractivity contribution in [1.82, 2.24) is 4.57 Å².